The van der Waals surface area contributed by atoms with Gasteiger partial charge in [-0.15, -0.1) is 0 Å². The maximum absolute atomic E-state index is 12.6. The van der Waals surface area contributed by atoms with Gasteiger partial charge in [0.25, 0.3) is 5.69 Å². The normalized spacial score (nSPS) is 12.2. The Balaban J connectivity index is 2.28. The van der Waals surface area contributed by atoms with E-state index < -0.39 is 22.8 Å². The topological polar surface area (TPSA) is 116 Å². The molecule has 2 aromatic rings. The predicted molar refractivity (Wildman–Crippen MR) is 112 cm³/mol. The molecular weight excluding hydrogens is 388 g/mol. The van der Waals surface area contributed by atoms with Gasteiger partial charge in [-0.25, -0.2) is 0 Å². The average molecular weight is 414 g/mol. The van der Waals surface area contributed by atoms with Crippen molar-refractivity contribution in [3.63, 3.8) is 0 Å². The Kier molecular flexibility index (Phi) is 7.46. The summed E-state index contributed by atoms with van der Waals surface area (Å²) >= 11 is 0. The number of aryl methyl sites for hydroxylation is 2. The number of esters is 1. The molecule has 1 aromatic carbocycles. The molecule has 1 atom stereocenters. The van der Waals surface area contributed by atoms with Crippen molar-refractivity contribution in [2.75, 3.05) is 0 Å². The zero-order valence-corrected chi connectivity index (χ0v) is 17.7. The first-order valence-corrected chi connectivity index (χ1v) is 9.51. The summed E-state index contributed by atoms with van der Waals surface area (Å²) in [5, 5.41) is 18.4. The molecule has 1 heterocycles. The monoisotopic (exact) mass is 414 g/mol. The molecule has 0 spiro atoms. The molecule has 0 saturated carbocycles. The highest BCUT2D eigenvalue weighted by Gasteiger charge is 2.26. The van der Waals surface area contributed by atoms with Gasteiger partial charge in [-0.2, -0.15) is 5.10 Å². The van der Waals surface area contributed by atoms with Crippen molar-refractivity contribution in [3.8, 4) is 0 Å². The van der Waals surface area contributed by atoms with E-state index in [0.717, 1.165) is 17.0 Å². The van der Waals surface area contributed by atoms with E-state index in [2.05, 4.69) is 10.4 Å². The highest BCUT2D eigenvalue weighted by molar-refractivity contribution is 5.92. The number of nitrogens with one attached hydrogen (secondary N) is 1. The fourth-order valence-corrected chi connectivity index (χ4v) is 3.07. The predicted octanol–water partition coefficient (Wildman–Crippen LogP) is 3.16. The molecule has 0 aliphatic heterocycles. The molecule has 9 heteroatoms. The lowest BCUT2D eigenvalue weighted by molar-refractivity contribution is -0.385. The maximum Gasteiger partial charge on any atom is 0.308 e. The quantitative estimate of drug-likeness (QED) is 0.307. The molecule has 9 nitrogen and oxygen atoms in total. The van der Waals surface area contributed by atoms with Crippen LogP contribution in [0.5, 0.6) is 0 Å². The van der Waals surface area contributed by atoms with Gasteiger partial charge >= 0.3 is 5.97 Å². The minimum Gasteiger partial charge on any atom is -0.463 e. The number of hydrogen-bond donors (Lipinski definition) is 1. The largest absolute Gasteiger partial charge is 0.463 e. The van der Waals surface area contributed by atoms with Gasteiger partial charge in [0.05, 0.1) is 34.7 Å². The van der Waals surface area contributed by atoms with Crippen molar-refractivity contribution in [2.45, 2.75) is 46.3 Å². The number of benzene rings is 1. The Labute approximate surface area is 174 Å². The molecule has 0 aliphatic rings. The first-order valence-electron chi connectivity index (χ1n) is 9.51. The van der Waals surface area contributed by atoms with Gasteiger partial charge in [-0.05, 0) is 33.8 Å². The van der Waals surface area contributed by atoms with Gasteiger partial charge in [0.15, 0.2) is 0 Å². The third-order valence-electron chi connectivity index (χ3n) is 4.53. The molecule has 1 N–H and O–H groups in total. The van der Waals surface area contributed by atoms with E-state index in [1.807, 2.05) is 20.9 Å². The Bertz CT molecular complexity index is 978. The molecule has 0 bridgehead atoms. The fraction of sp³-hybridized carbons (Fsp3) is 0.381. The van der Waals surface area contributed by atoms with E-state index in [1.165, 1.54) is 24.3 Å². The number of carbonyl (C=O) groups excluding carboxylic acids is 2. The molecule has 0 fully saturated rings. The first kappa shape index (κ1) is 22.8. The minimum atomic E-state index is -0.911. The lowest BCUT2D eigenvalue weighted by atomic mass is 10.0. The summed E-state index contributed by atoms with van der Waals surface area (Å²) in [6.07, 6.45) is 2.40. The Morgan fingerprint density at radius 2 is 1.97 bits per heavy atom. The molecule has 1 aromatic heterocycles. The van der Waals surface area contributed by atoms with Crippen molar-refractivity contribution in [1.29, 1.82) is 0 Å². The number of carbonyl (C=O) groups is 2. The van der Waals surface area contributed by atoms with Crippen molar-refractivity contribution in [3.05, 3.63) is 63.0 Å². The molecule has 30 heavy (non-hydrogen) atoms. The summed E-state index contributed by atoms with van der Waals surface area (Å²) in [6.45, 7) is 7.13. The number of para-hydroxylation sites is 1. The van der Waals surface area contributed by atoms with Gasteiger partial charge in [0.1, 0.15) is 0 Å². The van der Waals surface area contributed by atoms with E-state index in [0.29, 0.717) is 0 Å². The molecular formula is C21H26N4O5. The van der Waals surface area contributed by atoms with Crippen LogP contribution in [0.25, 0.3) is 6.08 Å². The second kappa shape index (κ2) is 9.82. The van der Waals surface area contributed by atoms with Crippen LogP contribution < -0.4 is 5.32 Å². The van der Waals surface area contributed by atoms with Gasteiger partial charge in [0, 0.05) is 30.4 Å². The van der Waals surface area contributed by atoms with E-state index in [-0.39, 0.29) is 23.8 Å². The number of nitrogens with zero attached hydrogens (tertiary/aromatic N) is 3. The summed E-state index contributed by atoms with van der Waals surface area (Å²) in [5.41, 5.74) is 2.54. The molecule has 160 valence electrons. The van der Waals surface area contributed by atoms with Crippen molar-refractivity contribution < 1.29 is 19.2 Å². The number of hydrogen-bond acceptors (Lipinski definition) is 6. The van der Waals surface area contributed by atoms with Gasteiger partial charge in [-0.3, -0.25) is 24.4 Å². The SMILES string of the molecule is Cc1nn(C)c(C)c1/C=C/C(=O)NC(CC(=O)OC(C)C)c1ccccc1[N+](=O)[O-]. The van der Waals surface area contributed by atoms with E-state index in [1.54, 1.807) is 30.7 Å². The highest BCUT2D eigenvalue weighted by Crippen LogP contribution is 2.27. The van der Waals surface area contributed by atoms with Crippen molar-refractivity contribution in [2.24, 2.45) is 7.05 Å². The zero-order chi connectivity index (χ0) is 22.4. The van der Waals surface area contributed by atoms with Crippen LogP contribution in [0.2, 0.25) is 0 Å². The Hall–Kier alpha value is -3.49. The van der Waals surface area contributed by atoms with Crippen LogP contribution >= 0.6 is 0 Å². The summed E-state index contributed by atoms with van der Waals surface area (Å²) < 4.78 is 6.87. The summed E-state index contributed by atoms with van der Waals surface area (Å²) in [7, 11) is 1.81. The van der Waals surface area contributed by atoms with Crippen LogP contribution in [0.15, 0.2) is 30.3 Å². The number of nitro groups is 1. The second-order valence-electron chi connectivity index (χ2n) is 7.16. The van der Waals surface area contributed by atoms with Crippen LogP contribution in [-0.2, 0) is 21.4 Å². The maximum atomic E-state index is 12.6. The molecule has 1 amide bonds. The standard InChI is InChI=1S/C21H26N4O5/c1-13(2)30-21(27)12-18(17-8-6-7-9-19(17)25(28)29)22-20(26)11-10-16-14(3)23-24(5)15(16)4/h6-11,13,18H,12H2,1-5H3,(H,22,26)/b11-10+. The molecule has 2 rings (SSSR count). The van der Waals surface area contributed by atoms with E-state index >= 15 is 0 Å². The van der Waals surface area contributed by atoms with Gasteiger partial charge in [-0.1, -0.05) is 18.2 Å². The molecule has 0 radical (unpaired) electrons. The van der Waals surface area contributed by atoms with Crippen molar-refractivity contribution >= 4 is 23.6 Å². The van der Waals surface area contributed by atoms with Crippen LogP contribution in [0.4, 0.5) is 5.69 Å². The number of amides is 1. The number of ether oxygens (including phenoxy) is 1. The van der Waals surface area contributed by atoms with E-state index in [4.69, 9.17) is 4.74 Å². The average Bonchev–Trinajstić information content (AvgIpc) is 2.90. The molecule has 0 saturated heterocycles. The number of nitro benzene ring substituents is 1. The summed E-state index contributed by atoms with van der Waals surface area (Å²) in [4.78, 5) is 35.6. The number of rotatable bonds is 8. The zero-order valence-electron chi connectivity index (χ0n) is 17.7. The summed E-state index contributed by atoms with van der Waals surface area (Å²) in [5.74, 6) is -1.05. The van der Waals surface area contributed by atoms with Crippen molar-refractivity contribution in [1.82, 2.24) is 15.1 Å². The highest BCUT2D eigenvalue weighted by atomic mass is 16.6. The lowest BCUT2D eigenvalue weighted by Gasteiger charge is -2.18. The molecule has 1 unspecified atom stereocenters. The third-order valence-corrected chi connectivity index (χ3v) is 4.53. The fourth-order valence-electron chi connectivity index (χ4n) is 3.07. The lowest BCUT2D eigenvalue weighted by Crippen LogP contribution is -2.30. The summed E-state index contributed by atoms with van der Waals surface area (Å²) in [6, 6.07) is 5.09. The third kappa shape index (κ3) is 5.76. The Morgan fingerprint density at radius 1 is 1.30 bits per heavy atom. The minimum absolute atomic E-state index is 0.178. The smallest absolute Gasteiger partial charge is 0.308 e. The van der Waals surface area contributed by atoms with Crippen LogP contribution in [0.3, 0.4) is 0 Å². The van der Waals surface area contributed by atoms with Crippen LogP contribution in [-0.4, -0.2) is 32.7 Å². The van der Waals surface area contributed by atoms with Gasteiger partial charge < -0.3 is 10.1 Å². The first-order chi connectivity index (χ1) is 14.1. The number of aromatic nitrogens is 2. The molecule has 0 aliphatic carbocycles. The van der Waals surface area contributed by atoms with Crippen LogP contribution in [0, 0.1) is 24.0 Å². The van der Waals surface area contributed by atoms with Crippen LogP contribution in [0.1, 0.15) is 48.8 Å². The Morgan fingerprint density at radius 3 is 2.53 bits per heavy atom. The van der Waals surface area contributed by atoms with E-state index in [9.17, 15) is 19.7 Å². The second-order valence-corrected chi connectivity index (χ2v) is 7.16. The van der Waals surface area contributed by atoms with Gasteiger partial charge in [0.2, 0.25) is 5.91 Å².